The average Bonchev–Trinajstić information content (AvgIpc) is 3.14. The van der Waals surface area contributed by atoms with Crippen LogP contribution in [0.5, 0.6) is 5.75 Å². The minimum absolute atomic E-state index is 0.0378. The van der Waals surface area contributed by atoms with Crippen LogP contribution in [0.4, 0.5) is 5.69 Å². The van der Waals surface area contributed by atoms with Crippen molar-refractivity contribution in [3.05, 3.63) is 58.1 Å². The maximum atomic E-state index is 13.9. The molecule has 6 rings (SSSR count). The molecule has 4 aliphatic rings. The van der Waals surface area contributed by atoms with E-state index in [9.17, 15) is 14.1 Å². The van der Waals surface area contributed by atoms with E-state index in [1.54, 1.807) is 6.07 Å². The van der Waals surface area contributed by atoms with Gasteiger partial charge in [-0.3, -0.25) is 9.52 Å². The topological polar surface area (TPSA) is 82.1 Å². The molecule has 1 fully saturated rings. The summed E-state index contributed by atoms with van der Waals surface area (Å²) in [7, 11) is 0.945. The van der Waals surface area contributed by atoms with Gasteiger partial charge in [0.25, 0.3) is 5.91 Å². The number of ether oxygens (including phenoxy) is 1. The molecule has 2 aliphatic heterocycles. The Balaban J connectivity index is 1.44. The molecule has 0 aromatic heterocycles. The fourth-order valence-electron chi connectivity index (χ4n) is 8.51. The molecule has 1 amide bonds. The van der Waals surface area contributed by atoms with Gasteiger partial charge in [0.15, 0.2) is 0 Å². The third kappa shape index (κ3) is 6.79. The van der Waals surface area contributed by atoms with Crippen molar-refractivity contribution >= 4 is 56.0 Å². The molecule has 256 valence electrons. The summed E-state index contributed by atoms with van der Waals surface area (Å²) in [6, 6.07) is 11.8. The minimum atomic E-state index is -2.95. The highest BCUT2D eigenvalue weighted by atomic mass is 35.5. The molecule has 0 saturated heterocycles. The monoisotopic (exact) mass is 699 g/mol. The summed E-state index contributed by atoms with van der Waals surface area (Å²) in [6.07, 6.45) is 7.58. The maximum Gasteiger partial charge on any atom is 0.262 e. The molecule has 1 spiro atoms. The number of nitrogens with one attached hydrogen (secondary N) is 1. The highest BCUT2D eigenvalue weighted by molar-refractivity contribution is 7.99. The fourth-order valence-corrected chi connectivity index (χ4v) is 10.5. The summed E-state index contributed by atoms with van der Waals surface area (Å²) in [4.78, 5) is 18.8. The standard InChI is InChI=1S/C37H50ClN3O4S2/c1-24-8-6-17-37(43,20-34(46)40(3)4)31-13-10-28(31)21-41-22-36(16-7-9-26-18-29(38)12-14-30(26)36)23-45-33-15-11-27(19-32(33)41)35(42)39-47(5,44)25(24)2/h11-12,14-15,18-19,24-25,28,31,43H,5-10,13,16-17,20-23H2,1-4H3,(H,39,42,44)/t24-,25+,28-,31+,36-,37+,47?/m0/s1. The van der Waals surface area contributed by atoms with Gasteiger partial charge in [-0.05, 0) is 117 Å². The first-order valence-electron chi connectivity index (χ1n) is 17.1. The van der Waals surface area contributed by atoms with E-state index in [4.69, 9.17) is 28.6 Å². The van der Waals surface area contributed by atoms with Crippen molar-refractivity contribution in [2.45, 2.75) is 87.9 Å². The Hall–Kier alpha value is -2.33. The first-order valence-corrected chi connectivity index (χ1v) is 19.7. The van der Waals surface area contributed by atoms with Gasteiger partial charge in [0.1, 0.15) is 5.75 Å². The van der Waals surface area contributed by atoms with Crippen LogP contribution < -0.4 is 14.4 Å². The first kappa shape index (κ1) is 34.5. The highest BCUT2D eigenvalue weighted by Gasteiger charge is 2.49. The van der Waals surface area contributed by atoms with Crippen molar-refractivity contribution < 1.29 is 18.8 Å². The van der Waals surface area contributed by atoms with Crippen LogP contribution in [0.3, 0.4) is 0 Å². The third-order valence-electron chi connectivity index (χ3n) is 11.8. The van der Waals surface area contributed by atoms with Gasteiger partial charge in [-0.2, -0.15) is 0 Å². The second-order valence-corrected chi connectivity index (χ2v) is 18.3. The molecule has 0 radical (unpaired) electrons. The normalized spacial score (nSPS) is 34.2. The summed E-state index contributed by atoms with van der Waals surface area (Å²) < 4.78 is 23.3. The van der Waals surface area contributed by atoms with Gasteiger partial charge in [0.05, 0.1) is 32.6 Å². The number of carbonyl (C=O) groups is 1. The number of thiocarbonyl (C=S) groups is 1. The summed E-state index contributed by atoms with van der Waals surface area (Å²) in [5.41, 5.74) is 2.65. The highest BCUT2D eigenvalue weighted by Crippen LogP contribution is 2.50. The van der Waals surface area contributed by atoms with E-state index in [0.717, 1.165) is 79.5 Å². The Morgan fingerprint density at radius 1 is 1.17 bits per heavy atom. The molecular formula is C37H50ClN3O4S2. The molecule has 7 atom stereocenters. The van der Waals surface area contributed by atoms with Gasteiger partial charge >= 0.3 is 0 Å². The van der Waals surface area contributed by atoms with Crippen LogP contribution in [0.1, 0.15) is 86.7 Å². The van der Waals surface area contributed by atoms with Crippen LogP contribution in [0.15, 0.2) is 36.4 Å². The number of anilines is 1. The van der Waals surface area contributed by atoms with Crippen molar-refractivity contribution in [3.8, 4) is 5.75 Å². The number of hydrogen-bond donors (Lipinski definition) is 2. The zero-order chi connectivity index (χ0) is 33.7. The summed E-state index contributed by atoms with van der Waals surface area (Å²) in [5, 5.41) is 12.9. The third-order valence-corrected chi connectivity index (χ3v) is 14.7. The van der Waals surface area contributed by atoms with Crippen LogP contribution in [0, 0.1) is 17.8 Å². The quantitative estimate of drug-likeness (QED) is 0.351. The minimum Gasteiger partial charge on any atom is -0.490 e. The SMILES string of the molecule is C=S1(=O)NC(=O)c2ccc3c(c2)N(C[C@@H]2CC[C@H]2[C@](O)(CC(=S)N(C)C)CCC[C@H](C)[C@H]1C)C[C@@]1(CCCc2cc(Cl)ccc21)CO3. The maximum absolute atomic E-state index is 13.9. The van der Waals surface area contributed by atoms with Crippen molar-refractivity contribution in [2.75, 3.05) is 38.7 Å². The number of amides is 1. The molecule has 2 heterocycles. The number of benzene rings is 2. The van der Waals surface area contributed by atoms with E-state index in [1.165, 1.54) is 11.1 Å². The molecule has 7 nitrogen and oxygen atoms in total. The predicted octanol–water partition coefficient (Wildman–Crippen LogP) is 6.42. The molecule has 2 bridgehead atoms. The lowest BCUT2D eigenvalue weighted by atomic mass is 9.62. The van der Waals surface area contributed by atoms with Gasteiger partial charge in [0, 0.05) is 54.9 Å². The zero-order valence-electron chi connectivity index (χ0n) is 28.2. The average molecular weight is 700 g/mol. The number of carbonyl (C=O) groups excluding carboxylic acids is 1. The van der Waals surface area contributed by atoms with Crippen LogP contribution >= 0.6 is 23.8 Å². The Bertz CT molecular complexity index is 1650. The lowest BCUT2D eigenvalue weighted by Crippen LogP contribution is -2.54. The molecule has 2 aliphatic carbocycles. The van der Waals surface area contributed by atoms with Gasteiger partial charge in [-0.25, -0.2) is 4.21 Å². The van der Waals surface area contributed by atoms with Crippen molar-refractivity contribution in [3.63, 3.8) is 0 Å². The van der Waals surface area contributed by atoms with Crippen LogP contribution in [0.2, 0.25) is 5.02 Å². The Kier molecular flexibility index (Phi) is 9.68. The fraction of sp³-hybridized carbons (Fsp3) is 0.595. The van der Waals surface area contributed by atoms with Gasteiger partial charge in [-0.15, -0.1) is 0 Å². The number of hydrogen-bond acceptors (Lipinski definition) is 6. The van der Waals surface area contributed by atoms with Crippen LogP contribution in [-0.4, -0.2) is 75.6 Å². The number of aryl methyl sites for hydroxylation is 1. The number of halogens is 1. The lowest BCUT2D eigenvalue weighted by molar-refractivity contribution is -0.0840. The molecule has 47 heavy (non-hydrogen) atoms. The second-order valence-electron chi connectivity index (χ2n) is 15.0. The van der Waals surface area contributed by atoms with E-state index in [0.29, 0.717) is 25.0 Å². The largest absolute Gasteiger partial charge is 0.490 e. The molecule has 1 saturated carbocycles. The van der Waals surface area contributed by atoms with Gasteiger partial charge in [0.2, 0.25) is 0 Å². The predicted molar refractivity (Wildman–Crippen MR) is 197 cm³/mol. The van der Waals surface area contributed by atoms with E-state index >= 15 is 0 Å². The number of nitrogens with zero attached hydrogens (tertiary/aromatic N) is 2. The van der Waals surface area contributed by atoms with Crippen molar-refractivity contribution in [1.82, 2.24) is 9.62 Å². The van der Waals surface area contributed by atoms with Crippen LogP contribution in [0.25, 0.3) is 0 Å². The Morgan fingerprint density at radius 2 is 1.96 bits per heavy atom. The second kappa shape index (κ2) is 13.2. The van der Waals surface area contributed by atoms with Crippen molar-refractivity contribution in [1.29, 1.82) is 0 Å². The molecule has 2 N–H and O–H groups in total. The van der Waals surface area contributed by atoms with Crippen LogP contribution in [-0.2, 0) is 21.5 Å². The first-order chi connectivity index (χ1) is 22.2. The Morgan fingerprint density at radius 3 is 2.68 bits per heavy atom. The molecule has 2 aromatic carbocycles. The van der Waals surface area contributed by atoms with E-state index in [-0.39, 0.29) is 34.3 Å². The molecule has 2 aromatic rings. The smallest absolute Gasteiger partial charge is 0.262 e. The number of fused-ring (bicyclic) bond motifs is 4. The molecular weight excluding hydrogens is 650 g/mol. The number of rotatable bonds is 2. The van der Waals surface area contributed by atoms with E-state index in [2.05, 4.69) is 34.5 Å². The van der Waals surface area contributed by atoms with E-state index in [1.807, 2.05) is 44.1 Å². The summed E-state index contributed by atoms with van der Waals surface area (Å²) in [6.45, 7) is 5.94. The van der Waals surface area contributed by atoms with Gasteiger partial charge < -0.3 is 19.6 Å². The number of aliphatic hydroxyl groups is 1. The molecule has 1 unspecified atom stereocenters. The van der Waals surface area contributed by atoms with Gasteiger partial charge in [-0.1, -0.05) is 43.2 Å². The van der Waals surface area contributed by atoms with Crippen molar-refractivity contribution in [2.24, 2.45) is 17.8 Å². The summed E-state index contributed by atoms with van der Waals surface area (Å²) in [5.74, 6) is 4.74. The molecule has 10 heteroatoms. The lowest BCUT2D eigenvalue weighted by Gasteiger charge is -2.50. The Labute approximate surface area is 291 Å². The zero-order valence-corrected chi connectivity index (χ0v) is 30.6. The summed E-state index contributed by atoms with van der Waals surface area (Å²) >= 11 is 12.2. The van der Waals surface area contributed by atoms with E-state index < -0.39 is 15.3 Å².